The molecule has 1 aromatic carbocycles. The number of sulfonamides is 1. The van der Waals surface area contributed by atoms with Gasteiger partial charge in [0.25, 0.3) is 0 Å². The van der Waals surface area contributed by atoms with E-state index in [1.54, 1.807) is 7.05 Å². The smallest absolute Gasteiger partial charge is 0.354 e. The van der Waals surface area contributed by atoms with E-state index in [0.717, 1.165) is 15.4 Å². The molecule has 1 heterocycles. The number of hydrogen-bond donors (Lipinski definition) is 1. The molecule has 1 N–H and O–H groups in total. The topological polar surface area (TPSA) is 97.7 Å². The third-order valence-corrected chi connectivity index (χ3v) is 5.88. The molecule has 9 heteroatoms. The number of likely N-dealkylation sites (N-methyl/N-ethyl adjacent to an activating group) is 1. The van der Waals surface area contributed by atoms with Crippen molar-refractivity contribution >= 4 is 27.6 Å². The summed E-state index contributed by atoms with van der Waals surface area (Å²) in [6.45, 7) is 3.39. The summed E-state index contributed by atoms with van der Waals surface area (Å²) in [6, 6.07) is 6.85. The second kappa shape index (κ2) is 7.93. The molecule has 0 saturated heterocycles. The monoisotopic (exact) mass is 393 g/mol. The highest BCUT2D eigenvalue weighted by Crippen LogP contribution is 2.19. The fourth-order valence-corrected chi connectivity index (χ4v) is 3.71. The molecule has 2 aromatic rings. The molecule has 8 nitrogen and oxygen atoms in total. The van der Waals surface area contributed by atoms with Crippen LogP contribution in [0.25, 0.3) is 0 Å². The van der Waals surface area contributed by atoms with Crippen molar-refractivity contribution < 1.29 is 22.7 Å². The molecule has 0 radical (unpaired) electrons. The minimum absolute atomic E-state index is 0.0903. The van der Waals surface area contributed by atoms with Crippen LogP contribution >= 0.6 is 0 Å². The predicted octanol–water partition coefficient (Wildman–Crippen LogP) is 1.69. The van der Waals surface area contributed by atoms with Crippen molar-refractivity contribution in [3.8, 4) is 0 Å². The van der Waals surface area contributed by atoms with E-state index in [4.69, 9.17) is 0 Å². The van der Waals surface area contributed by atoms with Gasteiger partial charge >= 0.3 is 5.97 Å². The molecule has 0 aliphatic rings. The van der Waals surface area contributed by atoms with Crippen molar-refractivity contribution in [2.75, 3.05) is 26.0 Å². The first-order chi connectivity index (χ1) is 12.6. The molecule has 146 valence electrons. The first kappa shape index (κ1) is 20.7. The number of nitrogens with one attached hydrogen (secondary N) is 1. The van der Waals surface area contributed by atoms with Crippen molar-refractivity contribution in [1.29, 1.82) is 0 Å². The van der Waals surface area contributed by atoms with Gasteiger partial charge in [-0.3, -0.25) is 4.79 Å². The van der Waals surface area contributed by atoms with E-state index >= 15 is 0 Å². The van der Waals surface area contributed by atoms with E-state index in [1.807, 2.05) is 32.0 Å². The first-order valence-electron chi connectivity index (χ1n) is 8.14. The standard InChI is InChI=1S/C18H23N3O5S/c1-12-6-7-13(2)15(8-12)19-17(22)11-21(4)27(24,25)14-9-16(18(23)26-5)20(3)10-14/h6-10H,11H2,1-5H3,(H,19,22). The van der Waals surface area contributed by atoms with Crippen molar-refractivity contribution in [2.24, 2.45) is 7.05 Å². The number of amides is 1. The molecule has 2 rings (SSSR count). The normalized spacial score (nSPS) is 11.5. The highest BCUT2D eigenvalue weighted by Gasteiger charge is 2.26. The Hall–Kier alpha value is -2.65. The average molecular weight is 393 g/mol. The molecule has 1 aromatic heterocycles. The second-order valence-electron chi connectivity index (χ2n) is 6.29. The maximum Gasteiger partial charge on any atom is 0.354 e. The van der Waals surface area contributed by atoms with Crippen LogP contribution in [0.3, 0.4) is 0 Å². The largest absolute Gasteiger partial charge is 0.464 e. The Kier molecular flexibility index (Phi) is 6.07. The summed E-state index contributed by atoms with van der Waals surface area (Å²) < 4.78 is 32.3. The van der Waals surface area contributed by atoms with Gasteiger partial charge in [0, 0.05) is 26.0 Å². The molecule has 1 amide bonds. The van der Waals surface area contributed by atoms with Crippen LogP contribution in [0.4, 0.5) is 5.69 Å². The number of ether oxygens (including phenoxy) is 1. The van der Waals surface area contributed by atoms with Crippen LogP contribution in [0.5, 0.6) is 0 Å². The highest BCUT2D eigenvalue weighted by molar-refractivity contribution is 7.89. The van der Waals surface area contributed by atoms with E-state index in [-0.39, 0.29) is 17.1 Å². The second-order valence-corrected chi connectivity index (χ2v) is 8.34. The van der Waals surface area contributed by atoms with E-state index in [2.05, 4.69) is 10.1 Å². The van der Waals surface area contributed by atoms with Gasteiger partial charge < -0.3 is 14.6 Å². The molecule has 0 unspecified atom stereocenters. The Morgan fingerprint density at radius 1 is 1.22 bits per heavy atom. The summed E-state index contributed by atoms with van der Waals surface area (Å²) in [5.74, 6) is -1.10. The zero-order valence-corrected chi connectivity index (χ0v) is 16.8. The SMILES string of the molecule is COC(=O)c1cc(S(=O)(=O)N(C)CC(=O)Nc2cc(C)ccc2C)cn1C. The molecular weight excluding hydrogens is 370 g/mol. The Labute approximate surface area is 158 Å². The fraction of sp³-hybridized carbons (Fsp3) is 0.333. The predicted molar refractivity (Wildman–Crippen MR) is 101 cm³/mol. The minimum Gasteiger partial charge on any atom is -0.464 e. The molecule has 27 heavy (non-hydrogen) atoms. The van der Waals surface area contributed by atoms with Crippen molar-refractivity contribution in [1.82, 2.24) is 8.87 Å². The molecule has 0 bridgehead atoms. The Balaban J connectivity index is 2.16. The fourth-order valence-electron chi connectivity index (χ4n) is 2.51. The first-order valence-corrected chi connectivity index (χ1v) is 9.58. The van der Waals surface area contributed by atoms with Gasteiger partial charge in [0.1, 0.15) is 10.6 Å². The Bertz CT molecular complexity index is 979. The Morgan fingerprint density at radius 2 is 1.89 bits per heavy atom. The lowest BCUT2D eigenvalue weighted by molar-refractivity contribution is -0.116. The van der Waals surface area contributed by atoms with Gasteiger partial charge in [-0.15, -0.1) is 0 Å². The van der Waals surface area contributed by atoms with Gasteiger partial charge in [-0.25, -0.2) is 13.2 Å². The number of aryl methyl sites for hydroxylation is 3. The van der Waals surface area contributed by atoms with Gasteiger partial charge in [0.2, 0.25) is 15.9 Å². The number of aromatic nitrogens is 1. The third-order valence-electron chi connectivity index (χ3n) is 4.12. The minimum atomic E-state index is -3.94. The van der Waals surface area contributed by atoms with Gasteiger partial charge in [0.15, 0.2) is 0 Å². The van der Waals surface area contributed by atoms with Crippen molar-refractivity contribution in [3.63, 3.8) is 0 Å². The van der Waals surface area contributed by atoms with Gasteiger partial charge in [-0.1, -0.05) is 12.1 Å². The van der Waals surface area contributed by atoms with Gasteiger partial charge in [0.05, 0.1) is 13.7 Å². The number of esters is 1. The average Bonchev–Trinajstić information content (AvgIpc) is 2.99. The number of methoxy groups -OCH3 is 1. The lowest BCUT2D eigenvalue weighted by Gasteiger charge is -2.16. The quantitative estimate of drug-likeness (QED) is 0.753. The van der Waals surface area contributed by atoms with Crippen LogP contribution in [0.15, 0.2) is 35.4 Å². The number of nitrogens with zero attached hydrogens (tertiary/aromatic N) is 2. The maximum absolute atomic E-state index is 12.7. The van der Waals surface area contributed by atoms with E-state index in [0.29, 0.717) is 5.69 Å². The number of carbonyl (C=O) groups excluding carboxylic acids is 2. The molecule has 0 aliphatic carbocycles. The van der Waals surface area contributed by atoms with Crippen LogP contribution < -0.4 is 5.32 Å². The van der Waals surface area contributed by atoms with E-state index in [9.17, 15) is 18.0 Å². The van der Waals surface area contributed by atoms with Crippen molar-refractivity contribution in [2.45, 2.75) is 18.7 Å². The lowest BCUT2D eigenvalue weighted by atomic mass is 10.1. The number of hydrogen-bond acceptors (Lipinski definition) is 5. The summed E-state index contributed by atoms with van der Waals surface area (Å²) in [7, 11) is 0.120. The molecule has 0 spiro atoms. The summed E-state index contributed by atoms with van der Waals surface area (Å²) >= 11 is 0. The molecule has 0 atom stereocenters. The van der Waals surface area contributed by atoms with E-state index < -0.39 is 21.9 Å². The zero-order chi connectivity index (χ0) is 20.4. The molecule has 0 aliphatic heterocycles. The summed E-state index contributed by atoms with van der Waals surface area (Å²) in [4.78, 5) is 23.9. The van der Waals surface area contributed by atoms with Gasteiger partial charge in [-0.2, -0.15) is 4.31 Å². The van der Waals surface area contributed by atoms with Crippen molar-refractivity contribution in [3.05, 3.63) is 47.3 Å². The number of benzene rings is 1. The molecule has 0 fully saturated rings. The van der Waals surface area contributed by atoms with Crippen LogP contribution in [-0.4, -0.2) is 49.9 Å². The third kappa shape index (κ3) is 4.55. The number of carbonyl (C=O) groups is 2. The number of anilines is 1. The highest BCUT2D eigenvalue weighted by atomic mass is 32.2. The molecule has 0 saturated carbocycles. The number of rotatable bonds is 6. The van der Waals surface area contributed by atoms with Crippen LogP contribution in [-0.2, 0) is 26.6 Å². The van der Waals surface area contributed by atoms with Gasteiger partial charge in [-0.05, 0) is 37.1 Å². The summed E-state index contributed by atoms with van der Waals surface area (Å²) in [6.07, 6.45) is 1.31. The van der Waals surface area contributed by atoms with Crippen LogP contribution in [0.2, 0.25) is 0 Å². The van der Waals surface area contributed by atoms with E-state index in [1.165, 1.54) is 31.0 Å². The maximum atomic E-state index is 12.7. The molecular formula is C18H23N3O5S. The summed E-state index contributed by atoms with van der Waals surface area (Å²) in [5.41, 5.74) is 2.60. The lowest BCUT2D eigenvalue weighted by Crippen LogP contribution is -2.35. The van der Waals surface area contributed by atoms with Crippen LogP contribution in [0, 0.1) is 13.8 Å². The summed E-state index contributed by atoms with van der Waals surface area (Å²) in [5, 5.41) is 2.73. The Morgan fingerprint density at radius 3 is 2.52 bits per heavy atom. The van der Waals surface area contributed by atoms with Crippen LogP contribution in [0.1, 0.15) is 21.6 Å². The zero-order valence-electron chi connectivity index (χ0n) is 15.9.